The molecular weight excluding hydrogens is 184 g/mol. The van der Waals surface area contributed by atoms with Crippen LogP contribution in [-0.2, 0) is 5.54 Å². The SMILES string of the molecule is Cc1ccc(C)c(C2(C)CNCCN2)c1. The summed E-state index contributed by atoms with van der Waals surface area (Å²) in [5.74, 6) is 0. The van der Waals surface area contributed by atoms with Crippen LogP contribution in [0.3, 0.4) is 0 Å². The van der Waals surface area contributed by atoms with Crippen molar-refractivity contribution >= 4 is 0 Å². The second-order valence-electron chi connectivity index (χ2n) is 4.75. The fraction of sp³-hybridized carbons (Fsp3) is 0.538. The summed E-state index contributed by atoms with van der Waals surface area (Å²) in [5.41, 5.74) is 4.23. The van der Waals surface area contributed by atoms with Crippen LogP contribution in [0.1, 0.15) is 23.6 Å². The molecule has 82 valence electrons. The lowest BCUT2D eigenvalue weighted by atomic mass is 9.86. The van der Waals surface area contributed by atoms with Crippen molar-refractivity contribution in [2.75, 3.05) is 19.6 Å². The van der Waals surface area contributed by atoms with E-state index >= 15 is 0 Å². The Kier molecular flexibility index (Phi) is 2.81. The number of benzene rings is 1. The minimum Gasteiger partial charge on any atom is -0.313 e. The Hall–Kier alpha value is -0.860. The van der Waals surface area contributed by atoms with Gasteiger partial charge in [-0.3, -0.25) is 0 Å². The van der Waals surface area contributed by atoms with Gasteiger partial charge in [-0.1, -0.05) is 23.8 Å². The monoisotopic (exact) mass is 204 g/mol. The molecule has 0 spiro atoms. The Morgan fingerprint density at radius 3 is 2.67 bits per heavy atom. The third-order valence-corrected chi connectivity index (χ3v) is 3.28. The number of aryl methyl sites for hydroxylation is 2. The minimum atomic E-state index is 0.0916. The lowest BCUT2D eigenvalue weighted by molar-refractivity contribution is 0.301. The largest absolute Gasteiger partial charge is 0.313 e. The predicted octanol–water partition coefficient (Wildman–Crippen LogP) is 1.71. The first kappa shape index (κ1) is 10.7. The van der Waals surface area contributed by atoms with E-state index in [1.807, 2.05) is 0 Å². The van der Waals surface area contributed by atoms with Gasteiger partial charge in [-0.15, -0.1) is 0 Å². The average Bonchev–Trinajstić information content (AvgIpc) is 2.23. The molecule has 2 heteroatoms. The maximum atomic E-state index is 3.62. The zero-order valence-electron chi connectivity index (χ0n) is 9.85. The first-order valence-corrected chi connectivity index (χ1v) is 5.65. The molecule has 1 saturated heterocycles. The topological polar surface area (TPSA) is 24.1 Å². The van der Waals surface area contributed by atoms with Gasteiger partial charge < -0.3 is 10.6 Å². The molecular formula is C13H20N2. The van der Waals surface area contributed by atoms with Crippen LogP contribution in [0, 0.1) is 13.8 Å². The van der Waals surface area contributed by atoms with E-state index in [0.717, 1.165) is 19.6 Å². The molecule has 2 N–H and O–H groups in total. The van der Waals surface area contributed by atoms with Gasteiger partial charge in [-0.05, 0) is 31.9 Å². The normalized spacial score (nSPS) is 26.6. The highest BCUT2D eigenvalue weighted by atomic mass is 15.1. The fourth-order valence-electron chi connectivity index (χ4n) is 2.35. The maximum absolute atomic E-state index is 3.62. The fourth-order valence-corrected chi connectivity index (χ4v) is 2.35. The Morgan fingerprint density at radius 1 is 1.20 bits per heavy atom. The van der Waals surface area contributed by atoms with Crippen molar-refractivity contribution in [3.63, 3.8) is 0 Å². The Morgan fingerprint density at radius 2 is 2.00 bits per heavy atom. The molecule has 1 heterocycles. The van der Waals surface area contributed by atoms with E-state index in [2.05, 4.69) is 49.6 Å². The third kappa shape index (κ3) is 2.06. The Labute approximate surface area is 92.1 Å². The van der Waals surface area contributed by atoms with Crippen molar-refractivity contribution in [2.24, 2.45) is 0 Å². The molecule has 0 aromatic heterocycles. The lowest BCUT2D eigenvalue weighted by Crippen LogP contribution is -2.55. The van der Waals surface area contributed by atoms with Crippen LogP contribution in [0.4, 0.5) is 0 Å². The highest BCUT2D eigenvalue weighted by Crippen LogP contribution is 2.25. The number of piperazine rings is 1. The highest BCUT2D eigenvalue weighted by molar-refractivity contribution is 5.36. The van der Waals surface area contributed by atoms with E-state index in [0.29, 0.717) is 0 Å². The van der Waals surface area contributed by atoms with Gasteiger partial charge in [-0.2, -0.15) is 0 Å². The molecule has 1 atom stereocenters. The van der Waals surface area contributed by atoms with Crippen LogP contribution < -0.4 is 10.6 Å². The Bertz CT molecular complexity index is 352. The molecule has 0 radical (unpaired) electrons. The van der Waals surface area contributed by atoms with E-state index in [9.17, 15) is 0 Å². The van der Waals surface area contributed by atoms with E-state index in [4.69, 9.17) is 0 Å². The summed E-state index contributed by atoms with van der Waals surface area (Å²) < 4.78 is 0. The quantitative estimate of drug-likeness (QED) is 0.727. The van der Waals surface area contributed by atoms with Crippen LogP contribution in [-0.4, -0.2) is 19.6 Å². The van der Waals surface area contributed by atoms with Crippen molar-refractivity contribution in [3.05, 3.63) is 34.9 Å². The summed E-state index contributed by atoms with van der Waals surface area (Å²) in [6.45, 7) is 9.75. The molecule has 1 aliphatic rings. The lowest BCUT2D eigenvalue weighted by Gasteiger charge is -2.37. The number of nitrogens with one attached hydrogen (secondary N) is 2. The van der Waals surface area contributed by atoms with E-state index < -0.39 is 0 Å². The summed E-state index contributed by atoms with van der Waals surface area (Å²) in [6.07, 6.45) is 0. The van der Waals surface area contributed by atoms with Crippen LogP contribution in [0.2, 0.25) is 0 Å². The molecule has 0 saturated carbocycles. The summed E-state index contributed by atoms with van der Waals surface area (Å²) in [6, 6.07) is 6.69. The van der Waals surface area contributed by atoms with Gasteiger partial charge in [-0.25, -0.2) is 0 Å². The van der Waals surface area contributed by atoms with Gasteiger partial charge in [0.25, 0.3) is 0 Å². The van der Waals surface area contributed by atoms with E-state index in [1.54, 1.807) is 0 Å². The number of hydrogen-bond acceptors (Lipinski definition) is 2. The van der Waals surface area contributed by atoms with Crippen LogP contribution in [0.5, 0.6) is 0 Å². The molecule has 1 aliphatic heterocycles. The molecule has 1 aromatic carbocycles. The molecule has 15 heavy (non-hydrogen) atoms. The standard InChI is InChI=1S/C13H20N2/c1-10-4-5-11(2)12(8-10)13(3)9-14-6-7-15-13/h4-5,8,14-15H,6-7,9H2,1-3H3. The molecule has 2 nitrogen and oxygen atoms in total. The maximum Gasteiger partial charge on any atom is 0.0535 e. The van der Waals surface area contributed by atoms with Gasteiger partial charge in [0.2, 0.25) is 0 Å². The number of hydrogen-bond donors (Lipinski definition) is 2. The zero-order chi connectivity index (χ0) is 10.9. The minimum absolute atomic E-state index is 0.0916. The van der Waals surface area contributed by atoms with Crippen molar-refractivity contribution in [1.82, 2.24) is 10.6 Å². The average molecular weight is 204 g/mol. The summed E-state index contributed by atoms with van der Waals surface area (Å²) in [7, 11) is 0. The second-order valence-corrected chi connectivity index (χ2v) is 4.75. The summed E-state index contributed by atoms with van der Waals surface area (Å²) in [4.78, 5) is 0. The van der Waals surface area contributed by atoms with Crippen molar-refractivity contribution in [3.8, 4) is 0 Å². The van der Waals surface area contributed by atoms with Gasteiger partial charge in [0.15, 0.2) is 0 Å². The molecule has 1 unspecified atom stereocenters. The van der Waals surface area contributed by atoms with E-state index in [1.165, 1.54) is 16.7 Å². The number of rotatable bonds is 1. The molecule has 1 fully saturated rings. The molecule has 0 amide bonds. The van der Waals surface area contributed by atoms with Gasteiger partial charge in [0, 0.05) is 19.6 Å². The van der Waals surface area contributed by atoms with Gasteiger partial charge in [0.05, 0.1) is 5.54 Å². The van der Waals surface area contributed by atoms with Crippen LogP contribution in [0.25, 0.3) is 0 Å². The smallest absolute Gasteiger partial charge is 0.0535 e. The molecule has 1 aromatic rings. The first-order valence-electron chi connectivity index (χ1n) is 5.65. The van der Waals surface area contributed by atoms with Gasteiger partial charge >= 0.3 is 0 Å². The summed E-state index contributed by atoms with van der Waals surface area (Å²) in [5, 5.41) is 7.08. The summed E-state index contributed by atoms with van der Waals surface area (Å²) >= 11 is 0. The third-order valence-electron chi connectivity index (χ3n) is 3.28. The van der Waals surface area contributed by atoms with Crippen LogP contribution in [0.15, 0.2) is 18.2 Å². The van der Waals surface area contributed by atoms with Gasteiger partial charge in [0.1, 0.15) is 0 Å². The first-order chi connectivity index (χ1) is 7.12. The molecule has 0 aliphatic carbocycles. The second kappa shape index (κ2) is 3.95. The predicted molar refractivity (Wildman–Crippen MR) is 64.1 cm³/mol. The zero-order valence-corrected chi connectivity index (χ0v) is 9.85. The van der Waals surface area contributed by atoms with Crippen LogP contribution >= 0.6 is 0 Å². The molecule has 2 rings (SSSR count). The van der Waals surface area contributed by atoms with Crippen molar-refractivity contribution in [1.29, 1.82) is 0 Å². The Balaban J connectivity index is 2.38. The van der Waals surface area contributed by atoms with E-state index in [-0.39, 0.29) is 5.54 Å². The van der Waals surface area contributed by atoms with Crippen molar-refractivity contribution in [2.45, 2.75) is 26.3 Å². The van der Waals surface area contributed by atoms with Crippen molar-refractivity contribution < 1.29 is 0 Å². The molecule has 0 bridgehead atoms. The highest BCUT2D eigenvalue weighted by Gasteiger charge is 2.29.